The Morgan fingerprint density at radius 1 is 0.562 bits per heavy atom. The normalized spacial score (nSPS) is 10.0. The molecule has 0 aliphatic carbocycles. The zero-order valence-electron chi connectivity index (χ0n) is 16.5. The first kappa shape index (κ1) is 24.0. The van der Waals surface area contributed by atoms with Crippen molar-refractivity contribution in [3.63, 3.8) is 0 Å². The maximum absolute atomic E-state index is 4.67. The number of halogens is 2. The summed E-state index contributed by atoms with van der Waals surface area (Å²) >= 11 is 3.11. The van der Waals surface area contributed by atoms with Gasteiger partial charge < -0.3 is 10.6 Å². The fourth-order valence-corrected chi connectivity index (χ4v) is 4.28. The van der Waals surface area contributed by atoms with Crippen LogP contribution < -0.4 is 10.6 Å². The van der Waals surface area contributed by atoms with Crippen LogP contribution in [0.4, 0.5) is 21.9 Å². The number of rotatable bonds is 6. The van der Waals surface area contributed by atoms with E-state index in [0.29, 0.717) is 0 Å². The Morgan fingerprint density at radius 2 is 1.00 bits per heavy atom. The van der Waals surface area contributed by atoms with Gasteiger partial charge in [0.05, 0.1) is 11.4 Å². The molecular weight excluding hydrogens is 572 g/mol. The van der Waals surface area contributed by atoms with Crippen molar-refractivity contribution in [2.24, 2.45) is 0 Å². The minimum atomic E-state index is 0. The maximum atomic E-state index is 4.67. The first-order valence-corrected chi connectivity index (χ1v) is 11.0. The summed E-state index contributed by atoms with van der Waals surface area (Å²) in [6, 6.07) is 19.8. The molecule has 2 N–H and O–H groups in total. The molecule has 32 heavy (non-hydrogen) atoms. The van der Waals surface area contributed by atoms with Crippen LogP contribution >= 0.6 is 56.6 Å². The second-order valence-electron chi connectivity index (χ2n) is 6.33. The Kier molecular flexibility index (Phi) is 8.46. The van der Waals surface area contributed by atoms with Crippen LogP contribution in [-0.4, -0.2) is 19.9 Å². The smallest absolute Gasteiger partial charge is 0.188 e. The highest BCUT2D eigenvalue weighted by atomic mass is 79.9. The van der Waals surface area contributed by atoms with Crippen LogP contribution in [0.3, 0.4) is 0 Å². The van der Waals surface area contributed by atoms with Crippen molar-refractivity contribution in [1.29, 1.82) is 0 Å². The Labute approximate surface area is 214 Å². The van der Waals surface area contributed by atoms with E-state index in [0.717, 1.165) is 44.4 Å². The van der Waals surface area contributed by atoms with Gasteiger partial charge in [-0.05, 0) is 24.3 Å². The van der Waals surface area contributed by atoms with E-state index in [1.165, 1.54) is 0 Å². The van der Waals surface area contributed by atoms with Crippen LogP contribution in [0, 0.1) is 0 Å². The summed E-state index contributed by atoms with van der Waals surface area (Å²) in [6.07, 6.45) is 3.51. The van der Waals surface area contributed by atoms with E-state index in [1.54, 1.807) is 35.1 Å². The highest BCUT2D eigenvalue weighted by Crippen LogP contribution is 2.30. The predicted molar refractivity (Wildman–Crippen MR) is 144 cm³/mol. The second-order valence-corrected chi connectivity index (χ2v) is 8.05. The SMILES string of the molecule is Br.Br.c1ccc(Nc2nc(-c3ccc(-c4csc(Nc5ccccn5)n4)cc3)cs2)nc1. The lowest BCUT2D eigenvalue weighted by Crippen LogP contribution is -1.92. The number of nitrogens with one attached hydrogen (secondary N) is 2. The lowest BCUT2D eigenvalue weighted by Gasteiger charge is -2.02. The van der Waals surface area contributed by atoms with Crippen molar-refractivity contribution in [2.45, 2.75) is 0 Å². The van der Waals surface area contributed by atoms with Gasteiger partial charge in [0.15, 0.2) is 10.3 Å². The molecule has 1 aromatic carbocycles. The Balaban J connectivity index is 0.00000144. The van der Waals surface area contributed by atoms with E-state index in [-0.39, 0.29) is 34.0 Å². The fraction of sp³-hybridized carbons (Fsp3) is 0. The van der Waals surface area contributed by atoms with E-state index in [2.05, 4.69) is 54.8 Å². The third-order valence-corrected chi connectivity index (χ3v) is 5.80. The highest BCUT2D eigenvalue weighted by Gasteiger charge is 2.08. The fourth-order valence-electron chi connectivity index (χ4n) is 2.83. The van der Waals surface area contributed by atoms with Crippen LogP contribution in [0.25, 0.3) is 22.5 Å². The summed E-state index contributed by atoms with van der Waals surface area (Å²) in [7, 11) is 0. The molecule has 162 valence electrons. The molecule has 0 saturated heterocycles. The number of benzene rings is 1. The molecule has 0 spiro atoms. The average Bonchev–Trinajstić information content (AvgIpc) is 3.45. The Morgan fingerprint density at radius 3 is 1.38 bits per heavy atom. The molecule has 0 atom stereocenters. The summed E-state index contributed by atoms with van der Waals surface area (Å²) in [5.74, 6) is 1.57. The highest BCUT2D eigenvalue weighted by molar-refractivity contribution is 8.93. The van der Waals surface area contributed by atoms with Crippen molar-refractivity contribution < 1.29 is 0 Å². The van der Waals surface area contributed by atoms with Crippen molar-refractivity contribution in [3.8, 4) is 22.5 Å². The lowest BCUT2D eigenvalue weighted by atomic mass is 10.1. The minimum Gasteiger partial charge on any atom is -0.316 e. The molecule has 5 aromatic rings. The van der Waals surface area contributed by atoms with Crippen molar-refractivity contribution in [3.05, 3.63) is 83.8 Å². The molecular formula is C22H18Br2N6S2. The quantitative estimate of drug-likeness (QED) is 0.215. The van der Waals surface area contributed by atoms with Gasteiger partial charge in [-0.3, -0.25) is 0 Å². The number of aromatic nitrogens is 4. The van der Waals surface area contributed by atoms with E-state index < -0.39 is 0 Å². The van der Waals surface area contributed by atoms with Crippen molar-refractivity contribution >= 4 is 78.5 Å². The van der Waals surface area contributed by atoms with Gasteiger partial charge in [0.1, 0.15) is 11.6 Å². The first-order valence-electron chi connectivity index (χ1n) is 9.21. The van der Waals surface area contributed by atoms with Gasteiger partial charge in [-0.15, -0.1) is 56.6 Å². The van der Waals surface area contributed by atoms with E-state index in [9.17, 15) is 0 Å². The van der Waals surface area contributed by atoms with Gasteiger partial charge in [-0.25, -0.2) is 19.9 Å². The molecule has 0 amide bonds. The monoisotopic (exact) mass is 588 g/mol. The molecule has 4 heterocycles. The molecule has 0 saturated carbocycles. The number of thiazole rings is 2. The molecule has 0 aliphatic rings. The lowest BCUT2D eigenvalue weighted by molar-refractivity contribution is 1.28. The van der Waals surface area contributed by atoms with Gasteiger partial charge in [-0.1, -0.05) is 36.4 Å². The molecule has 0 bridgehead atoms. The number of hydrogen-bond acceptors (Lipinski definition) is 8. The Hall–Kier alpha value is -2.66. The molecule has 0 unspecified atom stereocenters. The van der Waals surface area contributed by atoms with Crippen molar-refractivity contribution in [1.82, 2.24) is 19.9 Å². The van der Waals surface area contributed by atoms with E-state index in [1.807, 2.05) is 47.2 Å². The van der Waals surface area contributed by atoms with Crippen LogP contribution in [0.1, 0.15) is 0 Å². The molecule has 4 aromatic heterocycles. The minimum absolute atomic E-state index is 0. The number of pyridine rings is 2. The van der Waals surface area contributed by atoms with Crippen molar-refractivity contribution in [2.75, 3.05) is 10.6 Å². The number of nitrogens with zero attached hydrogens (tertiary/aromatic N) is 4. The van der Waals surface area contributed by atoms with Crippen LogP contribution in [0.2, 0.25) is 0 Å². The predicted octanol–water partition coefficient (Wildman–Crippen LogP) is 7.37. The van der Waals surface area contributed by atoms with Gasteiger partial charge >= 0.3 is 0 Å². The van der Waals surface area contributed by atoms with E-state index >= 15 is 0 Å². The zero-order chi connectivity index (χ0) is 20.2. The van der Waals surface area contributed by atoms with Crippen LogP contribution in [0.15, 0.2) is 83.8 Å². The van der Waals surface area contributed by atoms with Gasteiger partial charge in [0.25, 0.3) is 0 Å². The summed E-state index contributed by atoms with van der Waals surface area (Å²) in [5, 5.41) is 12.2. The van der Waals surface area contributed by atoms with Gasteiger partial charge in [0, 0.05) is 34.3 Å². The average molecular weight is 590 g/mol. The standard InChI is InChI=1S/C22H16N6S2.2BrH/c1-3-11-23-19(5-1)27-21-25-17(13-29-21)15-7-9-16(10-8-15)18-14-30-22(26-18)28-20-6-2-4-12-24-20;;/h1-14H,(H,23,25,27)(H,24,26,28);2*1H. The third-order valence-electron chi connectivity index (χ3n) is 4.28. The summed E-state index contributed by atoms with van der Waals surface area (Å²) in [4.78, 5) is 17.9. The molecule has 0 fully saturated rings. The summed E-state index contributed by atoms with van der Waals surface area (Å²) in [5.41, 5.74) is 3.99. The van der Waals surface area contributed by atoms with E-state index in [4.69, 9.17) is 0 Å². The van der Waals surface area contributed by atoms with Gasteiger partial charge in [-0.2, -0.15) is 0 Å². The number of anilines is 4. The topological polar surface area (TPSA) is 75.6 Å². The Bertz CT molecular complexity index is 1150. The van der Waals surface area contributed by atoms with Crippen LogP contribution in [0.5, 0.6) is 0 Å². The molecule has 10 heteroatoms. The molecule has 0 radical (unpaired) electrons. The largest absolute Gasteiger partial charge is 0.316 e. The number of hydrogen-bond donors (Lipinski definition) is 2. The third kappa shape index (κ3) is 5.77. The summed E-state index contributed by atoms with van der Waals surface area (Å²) < 4.78 is 0. The molecule has 6 nitrogen and oxygen atoms in total. The summed E-state index contributed by atoms with van der Waals surface area (Å²) in [6.45, 7) is 0. The maximum Gasteiger partial charge on any atom is 0.188 e. The molecule has 5 rings (SSSR count). The first-order chi connectivity index (χ1) is 14.8. The second kappa shape index (κ2) is 11.3. The van der Waals surface area contributed by atoms with Gasteiger partial charge in [0.2, 0.25) is 0 Å². The van der Waals surface area contributed by atoms with Crippen LogP contribution in [-0.2, 0) is 0 Å². The zero-order valence-corrected chi connectivity index (χ0v) is 21.6. The molecule has 0 aliphatic heterocycles.